The second-order valence-electron chi connectivity index (χ2n) is 4.94. The van der Waals surface area contributed by atoms with Gasteiger partial charge in [-0.1, -0.05) is 17.4 Å². The zero-order valence-corrected chi connectivity index (χ0v) is 13.2. The van der Waals surface area contributed by atoms with Gasteiger partial charge >= 0.3 is 0 Å². The molecule has 1 aromatic rings. The van der Waals surface area contributed by atoms with Gasteiger partial charge in [0.1, 0.15) is 10.7 Å². The average molecular weight is 310 g/mol. The number of amides is 1. The summed E-state index contributed by atoms with van der Waals surface area (Å²) < 4.78 is 5.04. The molecule has 2 heterocycles. The highest BCUT2D eigenvalue weighted by molar-refractivity contribution is 7.18. The summed E-state index contributed by atoms with van der Waals surface area (Å²) in [5.41, 5.74) is 5.94. The van der Waals surface area contributed by atoms with E-state index in [1.807, 2.05) is 0 Å². The molecule has 1 aromatic heterocycles. The molecule has 0 aliphatic carbocycles. The molecule has 0 unspecified atom stereocenters. The summed E-state index contributed by atoms with van der Waals surface area (Å²) in [6, 6.07) is 0. The fourth-order valence-electron chi connectivity index (χ4n) is 2.29. The maximum Gasteiger partial charge on any atom is 0.268 e. The second-order valence-corrected chi connectivity index (χ2v) is 5.92. The van der Waals surface area contributed by atoms with Crippen LogP contribution in [0.5, 0.6) is 0 Å². The Morgan fingerprint density at radius 3 is 2.90 bits per heavy atom. The van der Waals surface area contributed by atoms with Gasteiger partial charge in [0, 0.05) is 33.3 Å². The number of carbonyl (C=O) groups is 1. The van der Waals surface area contributed by atoms with E-state index in [-0.39, 0.29) is 5.91 Å². The zero-order valence-electron chi connectivity index (χ0n) is 12.4. The molecule has 0 spiro atoms. The number of aromatic nitrogens is 1. The molecule has 6 nitrogen and oxygen atoms in total. The minimum absolute atomic E-state index is 0.104. The molecule has 0 atom stereocenters. The number of anilines is 2. The minimum atomic E-state index is -0.104. The van der Waals surface area contributed by atoms with Crippen LogP contribution in [-0.4, -0.2) is 55.7 Å². The van der Waals surface area contributed by atoms with Crippen molar-refractivity contribution < 1.29 is 9.53 Å². The highest BCUT2D eigenvalue weighted by Crippen LogP contribution is 2.31. The number of methoxy groups -OCH3 is 1. The Morgan fingerprint density at radius 1 is 1.57 bits per heavy atom. The lowest BCUT2D eigenvalue weighted by Gasteiger charge is -2.19. The summed E-state index contributed by atoms with van der Waals surface area (Å²) in [6.45, 7) is 7.13. The number of nitrogen functional groups attached to an aromatic ring is 1. The Hall–Kier alpha value is -1.60. The van der Waals surface area contributed by atoms with Crippen molar-refractivity contribution in [2.45, 2.75) is 12.8 Å². The smallest absolute Gasteiger partial charge is 0.268 e. The van der Waals surface area contributed by atoms with Gasteiger partial charge in [0.25, 0.3) is 5.91 Å². The molecule has 2 rings (SSSR count). The summed E-state index contributed by atoms with van der Waals surface area (Å²) in [5, 5.41) is 0.846. The van der Waals surface area contributed by atoms with Gasteiger partial charge in [-0.15, -0.1) is 6.58 Å². The van der Waals surface area contributed by atoms with Crippen LogP contribution in [0.4, 0.5) is 10.9 Å². The third-order valence-corrected chi connectivity index (χ3v) is 4.53. The van der Waals surface area contributed by atoms with Crippen LogP contribution in [0.2, 0.25) is 0 Å². The summed E-state index contributed by atoms with van der Waals surface area (Å²) in [5.74, 6) is 0.214. The third kappa shape index (κ3) is 3.74. The van der Waals surface area contributed by atoms with Crippen molar-refractivity contribution in [2.75, 3.05) is 50.5 Å². The predicted octanol–water partition coefficient (Wildman–Crippen LogP) is 1.60. The first-order valence-corrected chi connectivity index (χ1v) is 7.89. The molecular formula is C14H22N4O2S. The highest BCUT2D eigenvalue weighted by Gasteiger charge is 2.24. The van der Waals surface area contributed by atoms with Crippen molar-refractivity contribution in [3.8, 4) is 0 Å². The lowest BCUT2D eigenvalue weighted by atomic mass is 10.3. The van der Waals surface area contributed by atoms with E-state index in [1.165, 1.54) is 24.2 Å². The molecular weight excluding hydrogens is 288 g/mol. The van der Waals surface area contributed by atoms with Crippen LogP contribution in [0.1, 0.15) is 22.5 Å². The fourth-order valence-corrected chi connectivity index (χ4v) is 3.30. The van der Waals surface area contributed by atoms with E-state index in [0.29, 0.717) is 30.4 Å². The van der Waals surface area contributed by atoms with Gasteiger partial charge in [-0.25, -0.2) is 4.98 Å². The highest BCUT2D eigenvalue weighted by atomic mass is 32.1. The van der Waals surface area contributed by atoms with Crippen molar-refractivity contribution in [1.82, 2.24) is 9.88 Å². The lowest BCUT2D eigenvalue weighted by Crippen LogP contribution is -2.34. The maximum atomic E-state index is 12.6. The van der Waals surface area contributed by atoms with E-state index in [9.17, 15) is 4.79 Å². The molecule has 7 heteroatoms. The third-order valence-electron chi connectivity index (χ3n) is 3.41. The van der Waals surface area contributed by atoms with Crippen molar-refractivity contribution in [2.24, 2.45) is 0 Å². The van der Waals surface area contributed by atoms with Crippen molar-refractivity contribution in [3.63, 3.8) is 0 Å². The van der Waals surface area contributed by atoms with Crippen LogP contribution in [-0.2, 0) is 4.74 Å². The molecule has 2 N–H and O–H groups in total. The topological polar surface area (TPSA) is 71.7 Å². The van der Waals surface area contributed by atoms with Crippen LogP contribution in [0, 0.1) is 0 Å². The van der Waals surface area contributed by atoms with Crippen LogP contribution < -0.4 is 10.6 Å². The van der Waals surface area contributed by atoms with E-state index in [4.69, 9.17) is 10.5 Å². The Bertz CT molecular complexity index is 497. The molecule has 21 heavy (non-hydrogen) atoms. The van der Waals surface area contributed by atoms with E-state index in [0.717, 1.165) is 18.2 Å². The SMILES string of the molecule is C=CCN(CCOC)C(=O)c1sc(N2CCCC2)nc1N. The van der Waals surface area contributed by atoms with E-state index in [1.54, 1.807) is 18.1 Å². The van der Waals surface area contributed by atoms with Gasteiger partial charge < -0.3 is 20.3 Å². The normalized spacial score (nSPS) is 14.4. The summed E-state index contributed by atoms with van der Waals surface area (Å²) >= 11 is 1.38. The van der Waals surface area contributed by atoms with Gasteiger partial charge in [-0.2, -0.15) is 0 Å². The van der Waals surface area contributed by atoms with Gasteiger partial charge in [-0.3, -0.25) is 4.79 Å². The van der Waals surface area contributed by atoms with Crippen molar-refractivity contribution in [1.29, 1.82) is 0 Å². The second kappa shape index (κ2) is 7.42. The van der Waals surface area contributed by atoms with Gasteiger partial charge in [0.15, 0.2) is 5.13 Å². The van der Waals surface area contributed by atoms with Gasteiger partial charge in [0.2, 0.25) is 0 Å². The van der Waals surface area contributed by atoms with Crippen LogP contribution >= 0.6 is 11.3 Å². The van der Waals surface area contributed by atoms with Gasteiger partial charge in [-0.05, 0) is 12.8 Å². The number of nitrogens with zero attached hydrogens (tertiary/aromatic N) is 3. The number of hydrogen-bond donors (Lipinski definition) is 1. The largest absolute Gasteiger partial charge is 0.383 e. The molecule has 1 saturated heterocycles. The summed E-state index contributed by atoms with van der Waals surface area (Å²) in [7, 11) is 1.61. The van der Waals surface area contributed by atoms with Crippen LogP contribution in [0.3, 0.4) is 0 Å². The van der Waals surface area contributed by atoms with Gasteiger partial charge in [0.05, 0.1) is 6.61 Å². The first-order valence-electron chi connectivity index (χ1n) is 7.07. The Morgan fingerprint density at radius 2 is 2.29 bits per heavy atom. The summed E-state index contributed by atoms with van der Waals surface area (Å²) in [4.78, 5) is 21.3. The Kier molecular flexibility index (Phi) is 5.58. The Balaban J connectivity index is 2.14. The first kappa shape index (κ1) is 15.8. The number of thiazole rings is 1. The standard InChI is InChI=1S/C14H22N4O2S/c1-3-6-17(9-10-20-2)13(19)11-12(15)16-14(21-11)18-7-4-5-8-18/h3H,1,4-10,15H2,2H3. The molecule has 1 aliphatic rings. The number of hydrogen-bond acceptors (Lipinski definition) is 6. The number of ether oxygens (including phenoxy) is 1. The number of carbonyl (C=O) groups excluding carboxylic acids is 1. The van der Waals surface area contributed by atoms with E-state index in [2.05, 4.69) is 16.5 Å². The molecule has 0 aromatic carbocycles. The molecule has 0 radical (unpaired) electrons. The lowest BCUT2D eigenvalue weighted by molar-refractivity contribution is 0.0723. The van der Waals surface area contributed by atoms with E-state index < -0.39 is 0 Å². The van der Waals surface area contributed by atoms with Crippen molar-refractivity contribution in [3.05, 3.63) is 17.5 Å². The van der Waals surface area contributed by atoms with Crippen LogP contribution in [0.25, 0.3) is 0 Å². The predicted molar refractivity (Wildman–Crippen MR) is 85.9 cm³/mol. The minimum Gasteiger partial charge on any atom is -0.383 e. The zero-order chi connectivity index (χ0) is 15.2. The fraction of sp³-hybridized carbons (Fsp3) is 0.571. The molecule has 1 amide bonds. The average Bonchev–Trinajstić information content (AvgIpc) is 3.11. The Labute approximate surface area is 129 Å². The number of rotatable bonds is 7. The molecule has 1 fully saturated rings. The quantitative estimate of drug-likeness (QED) is 0.775. The summed E-state index contributed by atoms with van der Waals surface area (Å²) in [6.07, 6.45) is 4.03. The number of nitrogens with two attached hydrogens (primary N) is 1. The molecule has 1 aliphatic heterocycles. The first-order chi connectivity index (χ1) is 10.2. The molecule has 116 valence electrons. The van der Waals surface area contributed by atoms with E-state index >= 15 is 0 Å². The van der Waals surface area contributed by atoms with Crippen molar-refractivity contribution >= 4 is 28.2 Å². The maximum absolute atomic E-state index is 12.6. The monoisotopic (exact) mass is 310 g/mol. The molecule has 0 bridgehead atoms. The molecule has 0 saturated carbocycles. The van der Waals surface area contributed by atoms with Crippen LogP contribution in [0.15, 0.2) is 12.7 Å².